The minimum Gasteiger partial charge on any atom is -0.468 e. The van der Waals surface area contributed by atoms with Gasteiger partial charge in [0.05, 0.1) is 7.11 Å². The zero-order valence-corrected chi connectivity index (χ0v) is 18.3. The molecule has 1 amide bonds. The molecular weight excluding hydrogens is 376 g/mol. The van der Waals surface area contributed by atoms with Crippen molar-refractivity contribution in [3.63, 3.8) is 0 Å². The molecule has 0 aliphatic rings. The highest BCUT2D eigenvalue weighted by molar-refractivity contribution is 5.77. The summed E-state index contributed by atoms with van der Waals surface area (Å²) in [4.78, 5) is 40.9. The molecule has 170 valence electrons. The molecule has 0 saturated carbocycles. The fourth-order valence-corrected chi connectivity index (χ4v) is 2.77. The number of hydrogen-bond acceptors (Lipinski definition) is 8. The van der Waals surface area contributed by atoms with Crippen LogP contribution in [0.1, 0.15) is 71.1 Å². The first-order valence-corrected chi connectivity index (χ1v) is 10.7. The van der Waals surface area contributed by atoms with E-state index >= 15 is 0 Å². The molecular formula is C20H40N4O5. The molecule has 2 atom stereocenters. The quantitative estimate of drug-likeness (QED) is 0.149. The van der Waals surface area contributed by atoms with E-state index in [-0.39, 0.29) is 5.91 Å². The van der Waals surface area contributed by atoms with Crippen LogP contribution in [0, 0.1) is 0 Å². The predicted molar refractivity (Wildman–Crippen MR) is 112 cm³/mol. The van der Waals surface area contributed by atoms with E-state index in [1.165, 1.54) is 7.11 Å². The lowest BCUT2D eigenvalue weighted by molar-refractivity contribution is -0.161. The topological polar surface area (TPSA) is 132 Å². The summed E-state index contributed by atoms with van der Waals surface area (Å²) in [6.45, 7) is 3.23. The molecule has 0 saturated heterocycles. The summed E-state index contributed by atoms with van der Waals surface area (Å²) in [5.74, 6) is -0.911. The maximum Gasteiger partial charge on any atom is 0.341 e. The molecule has 29 heavy (non-hydrogen) atoms. The lowest BCUT2D eigenvalue weighted by atomic mass is 10.1. The minimum atomic E-state index is -0.745. The highest BCUT2D eigenvalue weighted by atomic mass is 16.7. The van der Waals surface area contributed by atoms with E-state index in [1.54, 1.807) is 7.05 Å². The van der Waals surface area contributed by atoms with Crippen molar-refractivity contribution >= 4 is 17.8 Å². The molecule has 0 bridgehead atoms. The number of methoxy groups -OCH3 is 1. The second kappa shape index (κ2) is 18.3. The molecule has 5 N–H and O–H groups in total. The number of ether oxygens (including phenoxy) is 1. The van der Waals surface area contributed by atoms with Gasteiger partial charge in [-0.25, -0.2) is 4.79 Å². The van der Waals surface area contributed by atoms with Crippen LogP contribution in [-0.2, 0) is 24.0 Å². The minimum absolute atomic E-state index is 0.0581. The normalized spacial score (nSPS) is 12.8. The number of nitrogens with two attached hydrogens (primary N) is 1. The van der Waals surface area contributed by atoms with E-state index in [4.69, 9.17) is 15.3 Å². The lowest BCUT2D eigenvalue weighted by Crippen LogP contribution is -2.44. The Morgan fingerprint density at radius 2 is 1.62 bits per heavy atom. The van der Waals surface area contributed by atoms with Gasteiger partial charge in [0.25, 0.3) is 0 Å². The highest BCUT2D eigenvalue weighted by Crippen LogP contribution is 2.06. The van der Waals surface area contributed by atoms with Crippen molar-refractivity contribution in [2.24, 2.45) is 5.73 Å². The average Bonchev–Trinajstić information content (AvgIpc) is 2.72. The highest BCUT2D eigenvalue weighted by Gasteiger charge is 2.23. The Morgan fingerprint density at radius 3 is 2.24 bits per heavy atom. The summed E-state index contributed by atoms with van der Waals surface area (Å²) in [7, 11) is 2.97. The van der Waals surface area contributed by atoms with Crippen molar-refractivity contribution in [1.82, 2.24) is 16.1 Å². The van der Waals surface area contributed by atoms with Gasteiger partial charge in [-0.05, 0) is 52.1 Å². The van der Waals surface area contributed by atoms with Crippen LogP contribution in [0.15, 0.2) is 0 Å². The molecule has 9 heteroatoms. The molecule has 2 unspecified atom stereocenters. The Balaban J connectivity index is 4.21. The van der Waals surface area contributed by atoms with Crippen LogP contribution in [-0.4, -0.2) is 57.2 Å². The third kappa shape index (κ3) is 14.0. The Labute approximate surface area is 174 Å². The van der Waals surface area contributed by atoms with Gasteiger partial charge in [-0.3, -0.25) is 9.59 Å². The third-order valence-corrected chi connectivity index (χ3v) is 4.62. The van der Waals surface area contributed by atoms with Crippen LogP contribution >= 0.6 is 0 Å². The number of hydrogen-bond donors (Lipinski definition) is 4. The summed E-state index contributed by atoms with van der Waals surface area (Å²) < 4.78 is 4.77. The number of amides is 1. The molecule has 0 heterocycles. The fourth-order valence-electron chi connectivity index (χ4n) is 2.77. The number of carbonyl (C=O) groups is 3. The van der Waals surface area contributed by atoms with Gasteiger partial charge in [-0.2, -0.15) is 0 Å². The molecule has 0 spiro atoms. The number of unbranched alkanes of at least 4 members (excludes halogenated alkanes) is 4. The summed E-state index contributed by atoms with van der Waals surface area (Å²) in [5.41, 5.74) is 8.00. The Hall–Kier alpha value is -1.71. The Kier molecular flexibility index (Phi) is 17.2. The van der Waals surface area contributed by atoms with E-state index in [1.807, 2.05) is 0 Å². The number of carbonyl (C=O) groups excluding carboxylic acids is 3. The summed E-state index contributed by atoms with van der Waals surface area (Å²) >= 11 is 0. The molecule has 0 fully saturated rings. The maximum atomic E-state index is 12.2. The summed E-state index contributed by atoms with van der Waals surface area (Å²) in [6.07, 6.45) is 7.67. The zero-order chi connectivity index (χ0) is 21.9. The van der Waals surface area contributed by atoms with Crippen LogP contribution in [0.25, 0.3) is 0 Å². The first kappa shape index (κ1) is 27.3. The van der Waals surface area contributed by atoms with Gasteiger partial charge in [0.1, 0.15) is 12.1 Å². The molecule has 0 aromatic heterocycles. The van der Waals surface area contributed by atoms with E-state index in [9.17, 15) is 14.4 Å². The van der Waals surface area contributed by atoms with Gasteiger partial charge in [0.2, 0.25) is 5.91 Å². The van der Waals surface area contributed by atoms with Crippen LogP contribution < -0.4 is 21.8 Å². The van der Waals surface area contributed by atoms with Crippen molar-refractivity contribution in [1.29, 1.82) is 0 Å². The number of hydroxylamine groups is 1. The second-order valence-electron chi connectivity index (χ2n) is 7.04. The third-order valence-electron chi connectivity index (χ3n) is 4.62. The van der Waals surface area contributed by atoms with Crippen molar-refractivity contribution < 1.29 is 24.0 Å². The molecule has 0 radical (unpaired) electrons. The van der Waals surface area contributed by atoms with E-state index in [0.717, 1.165) is 38.5 Å². The van der Waals surface area contributed by atoms with Crippen molar-refractivity contribution in [3.05, 3.63) is 0 Å². The first-order chi connectivity index (χ1) is 14.0. The number of nitrogens with one attached hydrogen (secondary N) is 3. The van der Waals surface area contributed by atoms with Gasteiger partial charge in [0.15, 0.2) is 0 Å². The number of esters is 1. The van der Waals surface area contributed by atoms with Crippen LogP contribution in [0.2, 0.25) is 0 Å². The lowest BCUT2D eigenvalue weighted by Gasteiger charge is -2.19. The Morgan fingerprint density at radius 1 is 0.931 bits per heavy atom. The van der Waals surface area contributed by atoms with Gasteiger partial charge < -0.3 is 25.9 Å². The molecule has 9 nitrogen and oxygen atoms in total. The number of rotatable bonds is 18. The zero-order valence-electron chi connectivity index (χ0n) is 18.3. The van der Waals surface area contributed by atoms with Crippen LogP contribution in [0.5, 0.6) is 0 Å². The van der Waals surface area contributed by atoms with Crippen molar-refractivity contribution in [2.75, 3.05) is 27.2 Å². The van der Waals surface area contributed by atoms with E-state index in [0.29, 0.717) is 38.8 Å². The fraction of sp³-hybridized carbons (Fsp3) is 0.850. The Bertz CT molecular complexity index is 462. The van der Waals surface area contributed by atoms with E-state index < -0.39 is 24.0 Å². The second-order valence-corrected chi connectivity index (χ2v) is 7.04. The predicted octanol–water partition coefficient (Wildman–Crippen LogP) is 1.16. The monoisotopic (exact) mass is 416 g/mol. The molecule has 0 aliphatic carbocycles. The molecule has 0 aromatic rings. The van der Waals surface area contributed by atoms with Crippen LogP contribution in [0.4, 0.5) is 0 Å². The summed E-state index contributed by atoms with van der Waals surface area (Å²) in [6, 6.07) is -1.21. The van der Waals surface area contributed by atoms with Crippen LogP contribution in [0.3, 0.4) is 0 Å². The SMILES string of the molecule is CCCCCC(=O)NCCCCC(NOC(=O)C(CCCCN)NC)C(=O)OC. The van der Waals surface area contributed by atoms with Gasteiger partial charge in [-0.1, -0.05) is 26.2 Å². The van der Waals surface area contributed by atoms with Gasteiger partial charge in [-0.15, -0.1) is 5.48 Å². The van der Waals surface area contributed by atoms with Crippen molar-refractivity contribution in [3.8, 4) is 0 Å². The maximum absolute atomic E-state index is 12.2. The van der Waals surface area contributed by atoms with E-state index in [2.05, 4.69) is 23.0 Å². The average molecular weight is 417 g/mol. The molecule has 0 rings (SSSR count). The largest absolute Gasteiger partial charge is 0.468 e. The molecule has 0 aliphatic heterocycles. The summed E-state index contributed by atoms with van der Waals surface area (Å²) in [5, 5.41) is 5.78. The van der Waals surface area contributed by atoms with Gasteiger partial charge >= 0.3 is 11.9 Å². The number of likely N-dealkylation sites (N-methyl/N-ethyl adjacent to an activating group) is 1. The standard InChI is InChI=1S/C20H40N4O5/c1-4-5-6-13-18(25)23-15-10-8-12-17(19(26)28-3)24-29-20(27)16(22-2)11-7-9-14-21/h16-17,22,24H,4-15,21H2,1-3H3,(H,23,25). The smallest absolute Gasteiger partial charge is 0.341 e. The van der Waals surface area contributed by atoms with Crippen molar-refractivity contribution in [2.45, 2.75) is 83.2 Å². The van der Waals surface area contributed by atoms with Gasteiger partial charge in [0, 0.05) is 13.0 Å². The molecule has 0 aromatic carbocycles. The first-order valence-electron chi connectivity index (χ1n) is 10.7.